The molecular formula is C43H54NNaO7. The summed E-state index contributed by atoms with van der Waals surface area (Å²) in [6.07, 6.45) is 9.07. The minimum absolute atomic E-state index is 0. The molecule has 0 amide bonds. The molecule has 9 heteroatoms. The van der Waals surface area contributed by atoms with Gasteiger partial charge >= 0.3 is 41.5 Å². The Kier molecular flexibility index (Phi) is 12.0. The van der Waals surface area contributed by atoms with Crippen molar-refractivity contribution in [2.75, 3.05) is 5.06 Å². The van der Waals surface area contributed by atoms with Crippen molar-refractivity contribution in [3.63, 3.8) is 0 Å². The standard InChI is InChI=1S/C43H55NO7.Na/c1-5-40(47)50-38-25-35-32(34-20-19-33(43(34,38)4)27(2)16-21-39(45)46)18-17-29-24-31(22-23-42(29,35)3)49-41(48)37-26-36(28-12-8-6-9-13-28)44(51-37)30-14-10-7-11-15-30;/h5-15,27,29,31-38H,1,16-26H2,2-4H3,(H,45,46);/q;+1/p-1/t27-,29-,31-,32+,33-,34+,35+,36+,37-,38+,42+,43-;/m1./s1. The van der Waals surface area contributed by atoms with Crippen molar-refractivity contribution in [1.82, 2.24) is 0 Å². The van der Waals surface area contributed by atoms with E-state index in [0.29, 0.717) is 36.5 Å². The Morgan fingerprint density at radius 3 is 2.35 bits per heavy atom. The first-order valence-electron chi connectivity index (χ1n) is 19.3. The van der Waals surface area contributed by atoms with Gasteiger partial charge in [-0.15, -0.1) is 0 Å². The number of ether oxygens (including phenoxy) is 2. The first-order valence-corrected chi connectivity index (χ1v) is 19.3. The van der Waals surface area contributed by atoms with Gasteiger partial charge in [0.05, 0.1) is 11.7 Å². The SMILES string of the molecule is C=CC(=O)O[C@H]1C[C@H]2[C@@H](CC[C@@H]3C[C@H](OC(=O)[C@H]4C[C@@H](c5ccccc5)N(c5ccccc5)O4)CC[C@@]32C)[C@@H]2CC[C@H]([C@H](C)CCC(=O)[O-])[C@@]12C.[Na+]. The van der Waals surface area contributed by atoms with Gasteiger partial charge in [-0.2, -0.15) is 0 Å². The topological polar surface area (TPSA) is 105 Å². The molecule has 0 spiro atoms. The number of carboxylic acid groups (broad SMARTS) is 1. The zero-order chi connectivity index (χ0) is 35.9. The molecular weight excluding hydrogens is 665 g/mol. The number of carbonyl (C=O) groups excluding carboxylic acids is 3. The fraction of sp³-hybridized carbons (Fsp3) is 0.605. The Morgan fingerprint density at radius 2 is 1.65 bits per heavy atom. The van der Waals surface area contributed by atoms with E-state index >= 15 is 0 Å². The molecule has 7 rings (SSSR count). The van der Waals surface area contributed by atoms with Crippen LogP contribution in [0.2, 0.25) is 0 Å². The van der Waals surface area contributed by atoms with Gasteiger partial charge in [0.15, 0.2) is 6.10 Å². The molecule has 0 radical (unpaired) electrons. The van der Waals surface area contributed by atoms with Crippen LogP contribution in [0.25, 0.3) is 0 Å². The number of rotatable bonds is 10. The van der Waals surface area contributed by atoms with Crippen LogP contribution in [-0.4, -0.2) is 36.2 Å². The zero-order valence-electron chi connectivity index (χ0n) is 31.4. The smallest absolute Gasteiger partial charge is 0.550 e. The summed E-state index contributed by atoms with van der Waals surface area (Å²) in [5.74, 6) is 0.549. The van der Waals surface area contributed by atoms with Crippen LogP contribution >= 0.6 is 0 Å². The molecule has 0 N–H and O–H groups in total. The van der Waals surface area contributed by atoms with Crippen LogP contribution in [0.5, 0.6) is 0 Å². The van der Waals surface area contributed by atoms with Crippen LogP contribution in [0.4, 0.5) is 5.69 Å². The maximum absolute atomic E-state index is 13.8. The largest absolute Gasteiger partial charge is 1.00 e. The van der Waals surface area contributed by atoms with Crippen molar-refractivity contribution in [3.05, 3.63) is 78.9 Å². The van der Waals surface area contributed by atoms with E-state index in [9.17, 15) is 19.5 Å². The third-order valence-electron chi connectivity index (χ3n) is 14.4. The Morgan fingerprint density at radius 1 is 0.942 bits per heavy atom. The average Bonchev–Trinajstić information content (AvgIpc) is 3.75. The van der Waals surface area contributed by atoms with Crippen molar-refractivity contribution in [2.24, 2.45) is 46.3 Å². The second kappa shape index (κ2) is 16.0. The van der Waals surface area contributed by atoms with E-state index < -0.39 is 12.1 Å². The number of hydrogen-bond acceptors (Lipinski definition) is 8. The fourth-order valence-electron chi connectivity index (χ4n) is 11.8. The second-order valence-electron chi connectivity index (χ2n) is 16.7. The summed E-state index contributed by atoms with van der Waals surface area (Å²) < 4.78 is 12.6. The summed E-state index contributed by atoms with van der Waals surface area (Å²) in [5.41, 5.74) is 1.85. The summed E-state index contributed by atoms with van der Waals surface area (Å²) in [6.45, 7) is 10.6. The fourth-order valence-corrected chi connectivity index (χ4v) is 11.8. The van der Waals surface area contributed by atoms with Gasteiger partial charge < -0.3 is 19.4 Å². The number of aliphatic carboxylic acids is 1. The summed E-state index contributed by atoms with van der Waals surface area (Å²) in [7, 11) is 0. The Hall–Kier alpha value is -2.65. The summed E-state index contributed by atoms with van der Waals surface area (Å²) in [5, 5.41) is 13.2. The van der Waals surface area contributed by atoms with E-state index in [1.807, 2.05) is 53.6 Å². The summed E-state index contributed by atoms with van der Waals surface area (Å²) >= 11 is 0. The molecule has 8 nitrogen and oxygen atoms in total. The monoisotopic (exact) mass is 719 g/mol. The summed E-state index contributed by atoms with van der Waals surface area (Å²) in [6, 6.07) is 20.0. The molecule has 1 aliphatic heterocycles. The molecule has 5 fully saturated rings. The van der Waals surface area contributed by atoms with E-state index in [1.165, 1.54) is 6.08 Å². The third kappa shape index (κ3) is 7.26. The van der Waals surface area contributed by atoms with E-state index in [4.69, 9.17) is 14.3 Å². The van der Waals surface area contributed by atoms with Gasteiger partial charge in [-0.05, 0) is 123 Å². The van der Waals surface area contributed by atoms with Crippen LogP contribution in [-0.2, 0) is 28.7 Å². The minimum Gasteiger partial charge on any atom is -0.550 e. The number of esters is 2. The molecule has 1 saturated heterocycles. The molecule has 5 aliphatic rings. The van der Waals surface area contributed by atoms with Gasteiger partial charge in [0, 0.05) is 23.9 Å². The van der Waals surface area contributed by atoms with Crippen molar-refractivity contribution in [1.29, 1.82) is 0 Å². The summed E-state index contributed by atoms with van der Waals surface area (Å²) in [4.78, 5) is 44.3. The molecule has 4 saturated carbocycles. The Labute approximate surface area is 331 Å². The zero-order valence-corrected chi connectivity index (χ0v) is 33.4. The number of carboxylic acids is 1. The van der Waals surface area contributed by atoms with Gasteiger partial charge in [0.1, 0.15) is 12.2 Å². The van der Waals surface area contributed by atoms with Gasteiger partial charge in [-0.25, -0.2) is 14.7 Å². The Bertz CT molecular complexity index is 1540. The molecule has 1 heterocycles. The number of anilines is 1. The van der Waals surface area contributed by atoms with Gasteiger partial charge in [-0.3, -0.25) is 4.84 Å². The second-order valence-corrected chi connectivity index (χ2v) is 16.7. The van der Waals surface area contributed by atoms with Crippen LogP contribution in [0.15, 0.2) is 73.3 Å². The van der Waals surface area contributed by atoms with E-state index in [1.54, 1.807) is 0 Å². The quantitative estimate of drug-likeness (QED) is 0.203. The number of para-hydroxylation sites is 1. The van der Waals surface area contributed by atoms with Gasteiger partial charge in [0.25, 0.3) is 0 Å². The number of carbonyl (C=O) groups is 3. The van der Waals surface area contributed by atoms with Gasteiger partial charge in [-0.1, -0.05) is 75.9 Å². The van der Waals surface area contributed by atoms with Crippen molar-refractivity contribution >= 4 is 23.6 Å². The molecule has 12 atom stereocenters. The third-order valence-corrected chi connectivity index (χ3v) is 14.4. The van der Waals surface area contributed by atoms with E-state index in [2.05, 4.69) is 39.5 Å². The average molecular weight is 720 g/mol. The van der Waals surface area contributed by atoms with Gasteiger partial charge in [0.2, 0.25) is 0 Å². The molecule has 0 aromatic heterocycles. The number of nitrogens with zero attached hydrogens (tertiary/aromatic N) is 1. The molecule has 0 bridgehead atoms. The normalized spacial score (nSPS) is 37.0. The minimum atomic E-state index is -1.01. The van der Waals surface area contributed by atoms with Crippen molar-refractivity contribution in [3.8, 4) is 0 Å². The predicted octanol–water partition coefficient (Wildman–Crippen LogP) is 4.39. The van der Waals surface area contributed by atoms with Crippen molar-refractivity contribution in [2.45, 2.75) is 116 Å². The van der Waals surface area contributed by atoms with E-state index in [-0.39, 0.29) is 88.8 Å². The number of fused-ring (bicyclic) bond motifs is 5. The molecule has 4 aliphatic carbocycles. The molecule has 52 heavy (non-hydrogen) atoms. The molecule has 2 aromatic rings. The maximum Gasteiger partial charge on any atom is 1.00 e. The first kappa shape index (κ1) is 39.1. The Balaban J connectivity index is 0.00000464. The molecule has 0 unspecified atom stereocenters. The molecule has 274 valence electrons. The number of hydrogen-bond donors (Lipinski definition) is 0. The number of hydroxylamine groups is 1. The van der Waals surface area contributed by atoms with Crippen LogP contribution in [0, 0.1) is 46.3 Å². The van der Waals surface area contributed by atoms with Crippen molar-refractivity contribution < 1.29 is 63.4 Å². The van der Waals surface area contributed by atoms with Crippen LogP contribution in [0.3, 0.4) is 0 Å². The first-order chi connectivity index (χ1) is 24.5. The van der Waals surface area contributed by atoms with E-state index in [0.717, 1.165) is 62.6 Å². The maximum atomic E-state index is 13.8. The van der Waals surface area contributed by atoms with Crippen LogP contribution < -0.4 is 39.7 Å². The predicted molar refractivity (Wildman–Crippen MR) is 192 cm³/mol. The molecule has 2 aromatic carbocycles. The number of benzene rings is 2. The van der Waals surface area contributed by atoms with Crippen LogP contribution in [0.1, 0.15) is 103 Å².